The predicted molar refractivity (Wildman–Crippen MR) is 62.2 cm³/mol. The Morgan fingerprint density at radius 1 is 1.21 bits per heavy atom. The van der Waals surface area contributed by atoms with Crippen LogP contribution in [-0.4, -0.2) is 0 Å². The lowest BCUT2D eigenvalue weighted by atomic mass is 9.95. The summed E-state index contributed by atoms with van der Waals surface area (Å²) in [4.78, 5) is 0. The van der Waals surface area contributed by atoms with Crippen molar-refractivity contribution in [3.05, 3.63) is 46.9 Å². The maximum atomic E-state index is 2.34. The standard InChI is InChI=1S/C14H17/c1-4-11-8-12-6-5-7-13(10(2)3)14(12)9-11/h5-10H,4H2,1-3H3. The van der Waals surface area contributed by atoms with Crippen molar-refractivity contribution in [2.24, 2.45) is 0 Å². The second-order valence-electron chi connectivity index (χ2n) is 4.22. The van der Waals surface area contributed by atoms with E-state index in [0.29, 0.717) is 5.92 Å². The van der Waals surface area contributed by atoms with Crippen molar-refractivity contribution in [2.45, 2.75) is 33.1 Å². The Bertz CT molecular complexity index is 370. The average Bonchev–Trinajstić information content (AvgIpc) is 2.59. The van der Waals surface area contributed by atoms with Crippen LogP contribution in [-0.2, 0) is 0 Å². The third kappa shape index (κ3) is 1.50. The van der Waals surface area contributed by atoms with Crippen LogP contribution >= 0.6 is 0 Å². The van der Waals surface area contributed by atoms with E-state index < -0.39 is 0 Å². The second-order valence-corrected chi connectivity index (χ2v) is 4.22. The second kappa shape index (κ2) is 3.61. The molecule has 0 unspecified atom stereocenters. The molecule has 0 aromatic heterocycles. The molecule has 0 saturated heterocycles. The lowest BCUT2D eigenvalue weighted by molar-refractivity contribution is 0.863. The van der Waals surface area contributed by atoms with Crippen molar-refractivity contribution >= 4 is 6.08 Å². The molecule has 0 heterocycles. The molecule has 0 amide bonds. The van der Waals surface area contributed by atoms with Crippen molar-refractivity contribution in [1.29, 1.82) is 0 Å². The minimum atomic E-state index is 0.616. The summed E-state index contributed by atoms with van der Waals surface area (Å²) in [6, 6.07) is 6.62. The van der Waals surface area contributed by atoms with Gasteiger partial charge in [0.1, 0.15) is 0 Å². The van der Waals surface area contributed by atoms with Crippen molar-refractivity contribution < 1.29 is 0 Å². The fourth-order valence-corrected chi connectivity index (χ4v) is 2.03. The van der Waals surface area contributed by atoms with Gasteiger partial charge in [-0.05, 0) is 29.0 Å². The molecule has 1 aromatic rings. The van der Waals surface area contributed by atoms with Crippen molar-refractivity contribution in [2.75, 3.05) is 0 Å². The maximum Gasteiger partial charge on any atom is 0.0164 e. The van der Waals surface area contributed by atoms with E-state index in [4.69, 9.17) is 0 Å². The molecule has 73 valence electrons. The Balaban J connectivity index is 2.47. The Morgan fingerprint density at radius 3 is 2.64 bits per heavy atom. The third-order valence-electron chi connectivity index (χ3n) is 2.87. The van der Waals surface area contributed by atoms with Gasteiger partial charge in [0, 0.05) is 6.42 Å². The van der Waals surface area contributed by atoms with Gasteiger partial charge in [-0.3, -0.25) is 0 Å². The van der Waals surface area contributed by atoms with E-state index in [1.165, 1.54) is 22.3 Å². The molecule has 2 rings (SSSR count). The Hall–Kier alpha value is -1.04. The summed E-state index contributed by atoms with van der Waals surface area (Å²) in [7, 11) is 0. The highest BCUT2D eigenvalue weighted by molar-refractivity contribution is 5.72. The van der Waals surface area contributed by atoms with Gasteiger partial charge in [-0.25, -0.2) is 0 Å². The molecule has 0 spiro atoms. The Kier molecular flexibility index (Phi) is 2.45. The van der Waals surface area contributed by atoms with Crippen LogP contribution in [0, 0.1) is 6.42 Å². The highest BCUT2D eigenvalue weighted by atomic mass is 14.2. The summed E-state index contributed by atoms with van der Waals surface area (Å²) in [6.45, 7) is 6.73. The summed E-state index contributed by atoms with van der Waals surface area (Å²) in [6.07, 6.45) is 5.78. The first-order valence-corrected chi connectivity index (χ1v) is 5.40. The molecule has 0 bridgehead atoms. The van der Waals surface area contributed by atoms with E-state index in [-0.39, 0.29) is 0 Å². The molecule has 0 heteroatoms. The number of hydrogen-bond acceptors (Lipinski definition) is 0. The van der Waals surface area contributed by atoms with Gasteiger partial charge < -0.3 is 0 Å². The highest BCUT2D eigenvalue weighted by Gasteiger charge is 2.15. The molecule has 1 aliphatic carbocycles. The molecule has 1 aliphatic rings. The van der Waals surface area contributed by atoms with E-state index in [9.17, 15) is 0 Å². The Morgan fingerprint density at radius 2 is 2.00 bits per heavy atom. The lowest BCUT2D eigenvalue weighted by Gasteiger charge is -2.10. The number of benzene rings is 1. The molecular formula is C14H17. The van der Waals surface area contributed by atoms with E-state index in [1.54, 1.807) is 0 Å². The summed E-state index contributed by atoms with van der Waals surface area (Å²) in [5, 5.41) is 0. The fourth-order valence-electron chi connectivity index (χ4n) is 2.03. The molecule has 0 atom stereocenters. The monoisotopic (exact) mass is 185 g/mol. The number of rotatable bonds is 2. The minimum Gasteiger partial charge on any atom is -0.0616 e. The zero-order chi connectivity index (χ0) is 10.1. The van der Waals surface area contributed by atoms with Crippen molar-refractivity contribution in [3.8, 4) is 0 Å². The van der Waals surface area contributed by atoms with E-state index in [1.807, 2.05) is 0 Å². The Labute approximate surface area is 86.7 Å². The first-order valence-electron chi connectivity index (χ1n) is 5.40. The first-order chi connectivity index (χ1) is 6.72. The zero-order valence-corrected chi connectivity index (χ0v) is 9.17. The molecule has 1 radical (unpaired) electrons. The van der Waals surface area contributed by atoms with Crippen LogP contribution in [0.25, 0.3) is 6.08 Å². The van der Waals surface area contributed by atoms with Crippen LogP contribution in [0.15, 0.2) is 23.8 Å². The van der Waals surface area contributed by atoms with Crippen LogP contribution in [0.1, 0.15) is 49.8 Å². The van der Waals surface area contributed by atoms with Crippen LogP contribution in [0.3, 0.4) is 0 Å². The molecule has 0 aliphatic heterocycles. The van der Waals surface area contributed by atoms with Crippen LogP contribution in [0.4, 0.5) is 0 Å². The molecule has 0 fully saturated rings. The highest BCUT2D eigenvalue weighted by Crippen LogP contribution is 2.33. The molecular weight excluding hydrogens is 168 g/mol. The normalized spacial score (nSPS) is 14.4. The first kappa shape index (κ1) is 9.51. The van der Waals surface area contributed by atoms with E-state index in [0.717, 1.165) is 6.42 Å². The van der Waals surface area contributed by atoms with Gasteiger partial charge in [-0.1, -0.05) is 50.6 Å². The van der Waals surface area contributed by atoms with Crippen molar-refractivity contribution in [3.63, 3.8) is 0 Å². The van der Waals surface area contributed by atoms with Gasteiger partial charge in [-0.2, -0.15) is 0 Å². The number of hydrogen-bond donors (Lipinski definition) is 0. The van der Waals surface area contributed by atoms with Crippen LogP contribution < -0.4 is 0 Å². The van der Waals surface area contributed by atoms with E-state index in [2.05, 4.69) is 51.5 Å². The SMILES string of the molecule is CCC1=Cc2c(cccc2C(C)C)[CH]1. The summed E-state index contributed by atoms with van der Waals surface area (Å²) in [5.41, 5.74) is 5.77. The average molecular weight is 185 g/mol. The predicted octanol–water partition coefficient (Wildman–Crippen LogP) is 4.17. The molecule has 1 aromatic carbocycles. The molecule has 14 heavy (non-hydrogen) atoms. The van der Waals surface area contributed by atoms with Gasteiger partial charge in [0.2, 0.25) is 0 Å². The zero-order valence-electron chi connectivity index (χ0n) is 9.17. The lowest BCUT2D eigenvalue weighted by Crippen LogP contribution is -1.92. The van der Waals surface area contributed by atoms with Crippen molar-refractivity contribution in [1.82, 2.24) is 0 Å². The topological polar surface area (TPSA) is 0 Å². The molecule has 0 saturated carbocycles. The van der Waals surface area contributed by atoms with Crippen LogP contribution in [0.2, 0.25) is 0 Å². The summed E-state index contributed by atoms with van der Waals surface area (Å²) < 4.78 is 0. The summed E-state index contributed by atoms with van der Waals surface area (Å²) in [5.74, 6) is 0.616. The smallest absolute Gasteiger partial charge is 0.0164 e. The van der Waals surface area contributed by atoms with Gasteiger partial charge in [0.15, 0.2) is 0 Å². The van der Waals surface area contributed by atoms with Gasteiger partial charge in [0.05, 0.1) is 0 Å². The fraction of sp³-hybridized carbons (Fsp3) is 0.357. The number of fused-ring (bicyclic) bond motifs is 1. The minimum absolute atomic E-state index is 0.616. The number of allylic oxidation sites excluding steroid dienone is 1. The summed E-state index contributed by atoms with van der Waals surface area (Å²) >= 11 is 0. The van der Waals surface area contributed by atoms with E-state index >= 15 is 0 Å². The largest absolute Gasteiger partial charge is 0.0616 e. The molecule has 0 N–H and O–H groups in total. The molecule has 0 nitrogen and oxygen atoms in total. The third-order valence-corrected chi connectivity index (χ3v) is 2.87. The van der Waals surface area contributed by atoms with Gasteiger partial charge >= 0.3 is 0 Å². The maximum absolute atomic E-state index is 2.34. The quantitative estimate of drug-likeness (QED) is 0.648. The van der Waals surface area contributed by atoms with Gasteiger partial charge in [0.25, 0.3) is 0 Å². The van der Waals surface area contributed by atoms with Gasteiger partial charge in [-0.15, -0.1) is 0 Å². The van der Waals surface area contributed by atoms with Crippen LogP contribution in [0.5, 0.6) is 0 Å².